The number of carbonyl (C=O) groups is 2. The quantitative estimate of drug-likeness (QED) is 0.601. The van der Waals surface area contributed by atoms with Gasteiger partial charge in [0.15, 0.2) is 10.8 Å². The maximum absolute atomic E-state index is 13.2. The van der Waals surface area contributed by atoms with Crippen LogP contribution in [0.25, 0.3) is 10.3 Å². The minimum absolute atomic E-state index is 0.0617. The average molecular weight is 481 g/mol. The third-order valence-electron chi connectivity index (χ3n) is 6.50. The van der Waals surface area contributed by atoms with Crippen LogP contribution in [0, 0.1) is 5.92 Å². The molecule has 34 heavy (non-hydrogen) atoms. The van der Waals surface area contributed by atoms with Crippen LogP contribution in [0.3, 0.4) is 0 Å². The number of nitrogens with one attached hydrogen (secondary N) is 1. The highest BCUT2D eigenvalue weighted by Gasteiger charge is 2.28. The number of aromatic nitrogens is 3. The fraction of sp³-hybridized carbons (Fsp3) is 0.458. The van der Waals surface area contributed by atoms with Crippen molar-refractivity contribution in [3.05, 3.63) is 46.5 Å². The van der Waals surface area contributed by atoms with Crippen molar-refractivity contribution in [1.82, 2.24) is 19.9 Å². The van der Waals surface area contributed by atoms with Crippen LogP contribution in [-0.4, -0.2) is 52.5 Å². The van der Waals surface area contributed by atoms with Gasteiger partial charge in [-0.25, -0.2) is 4.98 Å². The summed E-state index contributed by atoms with van der Waals surface area (Å²) in [6.07, 6.45) is 5.01. The Kier molecular flexibility index (Phi) is 6.32. The Labute approximate surface area is 201 Å². The molecule has 2 aromatic heterocycles. The zero-order valence-electron chi connectivity index (χ0n) is 19.2. The molecule has 2 amide bonds. The van der Waals surface area contributed by atoms with Crippen molar-refractivity contribution in [3.8, 4) is 0 Å². The second-order valence-electron chi connectivity index (χ2n) is 8.78. The van der Waals surface area contributed by atoms with E-state index < -0.39 is 0 Å². The first-order chi connectivity index (χ1) is 16.5. The number of hydrogen-bond donors (Lipinski definition) is 1. The highest BCUT2D eigenvalue weighted by molar-refractivity contribution is 7.22. The van der Waals surface area contributed by atoms with Crippen LogP contribution in [-0.2, 0) is 22.6 Å². The van der Waals surface area contributed by atoms with E-state index in [1.54, 1.807) is 4.90 Å². The number of carbonyl (C=O) groups excluding carboxylic acids is 2. The van der Waals surface area contributed by atoms with Crippen molar-refractivity contribution >= 4 is 44.3 Å². The molecule has 1 atom stereocenters. The van der Waals surface area contributed by atoms with Crippen molar-refractivity contribution < 1.29 is 9.59 Å². The molecule has 5 rings (SSSR count). The maximum Gasteiger partial charge on any atom is 0.273 e. The van der Waals surface area contributed by atoms with Gasteiger partial charge in [-0.2, -0.15) is 4.98 Å². The third-order valence-corrected chi connectivity index (χ3v) is 7.60. The number of thiazole rings is 1. The van der Waals surface area contributed by atoms with Crippen LogP contribution in [0.15, 0.2) is 35.4 Å². The predicted molar refractivity (Wildman–Crippen MR) is 132 cm³/mol. The minimum Gasteiger partial charge on any atom is -0.356 e. The second kappa shape index (κ2) is 9.54. The molecule has 0 spiro atoms. The van der Waals surface area contributed by atoms with Gasteiger partial charge in [-0.15, -0.1) is 0 Å². The largest absolute Gasteiger partial charge is 0.356 e. The second-order valence-corrected chi connectivity index (χ2v) is 9.76. The molecule has 2 aliphatic heterocycles. The Bertz CT molecular complexity index is 1290. The van der Waals surface area contributed by atoms with Crippen molar-refractivity contribution in [1.29, 1.82) is 0 Å². The standard InChI is InChI=1S/C24H28N6O3S/c1-2-25-22(32)17-9-5-11-28(13-17)24-27-21-20(34-24)23(33)29(15-26-21)14-19(31)30-12-6-8-16-7-3-4-10-18(16)30/h3-4,7,10,15,17H,2,5-6,8-9,11-14H2,1H3,(H,25,32). The van der Waals surface area contributed by atoms with Gasteiger partial charge >= 0.3 is 0 Å². The van der Waals surface area contributed by atoms with Gasteiger partial charge in [-0.3, -0.25) is 19.0 Å². The van der Waals surface area contributed by atoms with Crippen molar-refractivity contribution in [2.75, 3.05) is 36.0 Å². The van der Waals surface area contributed by atoms with Crippen LogP contribution in [0.1, 0.15) is 31.7 Å². The highest BCUT2D eigenvalue weighted by atomic mass is 32.1. The molecule has 4 heterocycles. The van der Waals surface area contributed by atoms with Gasteiger partial charge < -0.3 is 15.1 Å². The first-order valence-electron chi connectivity index (χ1n) is 11.8. The predicted octanol–water partition coefficient (Wildman–Crippen LogP) is 2.18. The first-order valence-corrected chi connectivity index (χ1v) is 12.6. The molecular weight excluding hydrogens is 452 g/mol. The van der Waals surface area contributed by atoms with Crippen LogP contribution < -0.4 is 20.7 Å². The van der Waals surface area contributed by atoms with E-state index in [0.29, 0.717) is 35.1 Å². The van der Waals surface area contributed by atoms with Crippen molar-refractivity contribution in [2.24, 2.45) is 5.92 Å². The highest BCUT2D eigenvalue weighted by Crippen LogP contribution is 2.30. The summed E-state index contributed by atoms with van der Waals surface area (Å²) in [6, 6.07) is 7.92. The first kappa shape index (κ1) is 22.5. The molecule has 0 saturated carbocycles. The number of aryl methyl sites for hydroxylation is 1. The van der Waals surface area contributed by atoms with Crippen LogP contribution in [0.5, 0.6) is 0 Å². The molecule has 0 bridgehead atoms. The number of nitrogens with zero attached hydrogens (tertiary/aromatic N) is 5. The lowest BCUT2D eigenvalue weighted by Crippen LogP contribution is -2.43. The lowest BCUT2D eigenvalue weighted by atomic mass is 9.97. The van der Waals surface area contributed by atoms with Gasteiger partial charge in [0, 0.05) is 31.9 Å². The molecule has 1 saturated heterocycles. The number of hydrogen-bond acceptors (Lipinski definition) is 7. The number of amides is 2. The number of fused-ring (bicyclic) bond motifs is 2. The molecule has 9 nitrogen and oxygen atoms in total. The van der Waals surface area contributed by atoms with Gasteiger partial charge in [-0.05, 0) is 44.2 Å². The lowest BCUT2D eigenvalue weighted by Gasteiger charge is -2.31. The topological polar surface area (TPSA) is 100 Å². The maximum atomic E-state index is 13.2. The van der Waals surface area contributed by atoms with Gasteiger partial charge in [0.05, 0.1) is 5.92 Å². The van der Waals surface area contributed by atoms with E-state index in [2.05, 4.69) is 20.2 Å². The van der Waals surface area contributed by atoms with Crippen LogP contribution >= 0.6 is 11.3 Å². The van der Waals surface area contributed by atoms with E-state index in [4.69, 9.17) is 0 Å². The summed E-state index contributed by atoms with van der Waals surface area (Å²) >= 11 is 1.29. The van der Waals surface area contributed by atoms with Crippen LogP contribution in [0.4, 0.5) is 10.8 Å². The van der Waals surface area contributed by atoms with Crippen LogP contribution in [0.2, 0.25) is 0 Å². The summed E-state index contributed by atoms with van der Waals surface area (Å²) < 4.78 is 1.81. The van der Waals surface area contributed by atoms with Crippen molar-refractivity contribution in [2.45, 2.75) is 39.2 Å². The van der Waals surface area contributed by atoms with Gasteiger partial charge in [-0.1, -0.05) is 29.5 Å². The number of para-hydroxylation sites is 1. The lowest BCUT2D eigenvalue weighted by molar-refractivity contribution is -0.125. The fourth-order valence-electron chi connectivity index (χ4n) is 4.79. The van der Waals surface area contributed by atoms with Gasteiger partial charge in [0.1, 0.15) is 17.6 Å². The molecule has 2 aliphatic rings. The van der Waals surface area contributed by atoms with E-state index in [1.165, 1.54) is 22.2 Å². The summed E-state index contributed by atoms with van der Waals surface area (Å²) in [5.74, 6) is -0.150. The summed E-state index contributed by atoms with van der Waals surface area (Å²) in [5, 5.41) is 3.59. The zero-order chi connectivity index (χ0) is 23.7. The molecule has 1 fully saturated rings. The fourth-order valence-corrected chi connectivity index (χ4v) is 5.79. The molecule has 178 valence electrons. The summed E-state index contributed by atoms with van der Waals surface area (Å²) in [5.41, 5.74) is 2.21. The molecule has 0 aliphatic carbocycles. The molecular formula is C24H28N6O3S. The summed E-state index contributed by atoms with van der Waals surface area (Å²) in [7, 11) is 0. The Hall–Kier alpha value is -3.27. The molecule has 1 unspecified atom stereocenters. The summed E-state index contributed by atoms with van der Waals surface area (Å²) in [4.78, 5) is 51.4. The molecule has 0 radical (unpaired) electrons. The molecule has 10 heteroatoms. The van der Waals surface area contributed by atoms with E-state index in [1.807, 2.05) is 31.2 Å². The van der Waals surface area contributed by atoms with E-state index in [-0.39, 0.29) is 29.8 Å². The number of rotatable bonds is 5. The Morgan fingerprint density at radius 3 is 2.91 bits per heavy atom. The molecule has 3 aromatic rings. The normalized spacial score (nSPS) is 18.1. The summed E-state index contributed by atoms with van der Waals surface area (Å²) in [6.45, 7) is 4.47. The zero-order valence-corrected chi connectivity index (χ0v) is 20.0. The number of benzene rings is 1. The monoisotopic (exact) mass is 480 g/mol. The Morgan fingerprint density at radius 2 is 2.06 bits per heavy atom. The van der Waals surface area contributed by atoms with E-state index in [9.17, 15) is 14.4 Å². The molecule has 1 aromatic carbocycles. The van der Waals surface area contributed by atoms with Gasteiger partial charge in [0.25, 0.3) is 5.56 Å². The Balaban J connectivity index is 1.36. The number of piperidine rings is 1. The van der Waals surface area contributed by atoms with Crippen molar-refractivity contribution in [3.63, 3.8) is 0 Å². The smallest absolute Gasteiger partial charge is 0.273 e. The van der Waals surface area contributed by atoms with Gasteiger partial charge in [0.2, 0.25) is 11.8 Å². The number of anilines is 2. The third kappa shape index (κ3) is 4.29. The minimum atomic E-state index is -0.260. The van der Waals surface area contributed by atoms with E-state index in [0.717, 1.165) is 43.5 Å². The molecule has 1 N–H and O–H groups in total. The van der Waals surface area contributed by atoms with E-state index >= 15 is 0 Å². The Morgan fingerprint density at radius 1 is 1.21 bits per heavy atom. The SMILES string of the molecule is CCNC(=O)C1CCCN(c2nc3ncn(CC(=O)N4CCCc5ccccc54)c(=O)c3s2)C1. The average Bonchev–Trinajstić information content (AvgIpc) is 3.31.